The number of aliphatic carboxylic acids is 1. The van der Waals surface area contributed by atoms with E-state index in [-0.39, 0.29) is 11.4 Å². The lowest BCUT2D eigenvalue weighted by molar-refractivity contribution is -0.142. The van der Waals surface area contributed by atoms with Crippen molar-refractivity contribution in [3.05, 3.63) is 70.9 Å². The van der Waals surface area contributed by atoms with Crippen LogP contribution in [0.1, 0.15) is 35.6 Å². The van der Waals surface area contributed by atoms with Crippen LogP contribution in [0.2, 0.25) is 0 Å². The van der Waals surface area contributed by atoms with Gasteiger partial charge in [-0.1, -0.05) is 30.3 Å². The fraction of sp³-hybridized carbons (Fsp3) is 0.286. The van der Waals surface area contributed by atoms with Crippen molar-refractivity contribution >= 4 is 28.6 Å². The highest BCUT2D eigenvalue weighted by atomic mass is 35.5. The number of carboxylic acids is 1. The fourth-order valence-corrected chi connectivity index (χ4v) is 4.70. The van der Waals surface area contributed by atoms with Gasteiger partial charge >= 0.3 is 5.97 Å². The highest BCUT2D eigenvalue weighted by molar-refractivity contribution is 6.20. The molecule has 1 aliphatic carbocycles. The number of hydrogen-bond acceptors (Lipinski definition) is 1. The lowest BCUT2D eigenvalue weighted by atomic mass is 9.76. The van der Waals surface area contributed by atoms with Gasteiger partial charge in [-0.05, 0) is 42.9 Å². The smallest absolute Gasteiger partial charge is 0.307 e. The molecule has 1 aliphatic rings. The molecule has 0 bridgehead atoms. The third kappa shape index (κ3) is 3.10. The number of rotatable bonds is 4. The predicted octanol–water partition coefficient (Wildman–Crippen LogP) is 5.28. The Balaban J connectivity index is 1.84. The van der Waals surface area contributed by atoms with E-state index >= 15 is 0 Å². The van der Waals surface area contributed by atoms with Crippen LogP contribution in [0.25, 0.3) is 10.9 Å². The van der Waals surface area contributed by atoms with Crippen molar-refractivity contribution in [1.29, 1.82) is 0 Å². The van der Waals surface area contributed by atoms with Gasteiger partial charge in [0.2, 0.25) is 0 Å². The van der Waals surface area contributed by atoms with Crippen molar-refractivity contribution in [2.24, 2.45) is 5.92 Å². The first kappa shape index (κ1) is 18.0. The molecule has 27 heavy (non-hydrogen) atoms. The number of hydrogen-bond donors (Lipinski definition) is 1. The van der Waals surface area contributed by atoms with Crippen LogP contribution in [-0.4, -0.2) is 15.2 Å². The molecular weight excluding hydrogens is 372 g/mol. The number of benzene rings is 2. The molecule has 0 radical (unpaired) electrons. The summed E-state index contributed by atoms with van der Waals surface area (Å²) >= 11 is 6.44. The highest BCUT2D eigenvalue weighted by Crippen LogP contribution is 2.44. The SMILES string of the molecule is O=C(O)C(Cc1ccccc1)C1CCCc2c1n(Cl)c1c(F)cc(F)cc21. The topological polar surface area (TPSA) is 42.2 Å². The molecule has 0 aliphatic heterocycles. The zero-order chi connectivity index (χ0) is 19.1. The predicted molar refractivity (Wildman–Crippen MR) is 100 cm³/mol. The second-order valence-electron chi connectivity index (χ2n) is 7.06. The normalized spacial score (nSPS) is 17.7. The summed E-state index contributed by atoms with van der Waals surface area (Å²) in [5, 5.41) is 10.3. The fourth-order valence-electron chi connectivity index (χ4n) is 4.30. The Labute approximate surface area is 160 Å². The van der Waals surface area contributed by atoms with Crippen molar-refractivity contribution in [2.45, 2.75) is 31.6 Å². The van der Waals surface area contributed by atoms with E-state index in [4.69, 9.17) is 11.8 Å². The van der Waals surface area contributed by atoms with Crippen molar-refractivity contribution in [2.75, 3.05) is 0 Å². The van der Waals surface area contributed by atoms with Gasteiger partial charge in [0.1, 0.15) is 11.3 Å². The van der Waals surface area contributed by atoms with E-state index < -0.39 is 23.5 Å². The van der Waals surface area contributed by atoms with Crippen molar-refractivity contribution in [3.8, 4) is 0 Å². The summed E-state index contributed by atoms with van der Waals surface area (Å²) in [4.78, 5) is 12.1. The molecule has 1 heterocycles. The number of carbonyl (C=O) groups is 1. The maximum absolute atomic E-state index is 14.4. The maximum Gasteiger partial charge on any atom is 0.307 e. The molecule has 0 spiro atoms. The largest absolute Gasteiger partial charge is 0.481 e. The summed E-state index contributed by atoms with van der Waals surface area (Å²) in [6.45, 7) is 0. The van der Waals surface area contributed by atoms with Gasteiger partial charge in [-0.25, -0.2) is 8.78 Å². The maximum atomic E-state index is 14.4. The monoisotopic (exact) mass is 389 g/mol. The zero-order valence-corrected chi connectivity index (χ0v) is 15.2. The average Bonchev–Trinajstić information content (AvgIpc) is 2.93. The molecule has 2 atom stereocenters. The van der Waals surface area contributed by atoms with E-state index in [1.165, 1.54) is 10.2 Å². The zero-order valence-electron chi connectivity index (χ0n) is 14.5. The highest BCUT2D eigenvalue weighted by Gasteiger charge is 2.37. The molecule has 1 aromatic heterocycles. The first-order chi connectivity index (χ1) is 13.0. The van der Waals surface area contributed by atoms with Gasteiger partial charge in [0.25, 0.3) is 0 Å². The van der Waals surface area contributed by atoms with Crippen molar-refractivity contribution < 1.29 is 18.7 Å². The third-order valence-corrected chi connectivity index (χ3v) is 5.82. The molecule has 3 nitrogen and oxygen atoms in total. The van der Waals surface area contributed by atoms with Gasteiger partial charge in [0.05, 0.1) is 5.92 Å². The van der Waals surface area contributed by atoms with Crippen LogP contribution in [0.3, 0.4) is 0 Å². The molecule has 0 saturated heterocycles. The van der Waals surface area contributed by atoms with Crippen molar-refractivity contribution in [1.82, 2.24) is 4.09 Å². The Kier molecular flexibility index (Phi) is 4.64. The molecule has 0 fully saturated rings. The summed E-state index contributed by atoms with van der Waals surface area (Å²) < 4.78 is 29.3. The van der Waals surface area contributed by atoms with Gasteiger partial charge in [-0.15, -0.1) is 0 Å². The Morgan fingerprint density at radius 3 is 2.70 bits per heavy atom. The second-order valence-corrected chi connectivity index (χ2v) is 7.40. The Bertz CT molecular complexity index is 1020. The van der Waals surface area contributed by atoms with Crippen LogP contribution in [0.5, 0.6) is 0 Å². The summed E-state index contributed by atoms with van der Waals surface area (Å²) in [7, 11) is 0. The molecule has 3 aromatic rings. The average molecular weight is 390 g/mol. The number of aromatic nitrogens is 1. The standard InChI is InChI=1S/C21H18ClF2NO2/c22-25-19-14(16-10-13(23)11-18(24)20(16)25)7-4-8-15(19)17(21(26)27)9-12-5-2-1-3-6-12/h1-3,5-6,10-11,15,17H,4,7-9H2,(H,26,27). The summed E-state index contributed by atoms with van der Waals surface area (Å²) in [5.41, 5.74) is 2.41. The first-order valence-corrected chi connectivity index (χ1v) is 9.26. The molecular formula is C21H18ClF2NO2. The minimum atomic E-state index is -0.912. The minimum Gasteiger partial charge on any atom is -0.481 e. The third-order valence-electron chi connectivity index (χ3n) is 5.46. The van der Waals surface area contributed by atoms with Crippen LogP contribution in [0, 0.1) is 17.6 Å². The summed E-state index contributed by atoms with van der Waals surface area (Å²) in [6, 6.07) is 11.5. The molecule has 6 heteroatoms. The molecule has 2 aromatic carbocycles. The molecule has 0 amide bonds. The first-order valence-electron chi connectivity index (χ1n) is 8.92. The Hall–Kier alpha value is -2.40. The van der Waals surface area contributed by atoms with Gasteiger partial charge in [0, 0.05) is 34.8 Å². The van der Waals surface area contributed by atoms with E-state index in [1.807, 2.05) is 30.3 Å². The number of nitrogens with zero attached hydrogens (tertiary/aromatic N) is 1. The number of fused-ring (bicyclic) bond motifs is 3. The quantitative estimate of drug-likeness (QED) is 0.659. The molecule has 2 unspecified atom stereocenters. The van der Waals surface area contributed by atoms with E-state index in [2.05, 4.69) is 0 Å². The van der Waals surface area contributed by atoms with Crippen LogP contribution in [0.4, 0.5) is 8.78 Å². The van der Waals surface area contributed by atoms with Gasteiger partial charge in [-0.2, -0.15) is 0 Å². The molecule has 0 saturated carbocycles. The second kappa shape index (κ2) is 6.97. The van der Waals surface area contributed by atoms with Crippen LogP contribution in [-0.2, 0) is 17.6 Å². The number of carboxylic acid groups (broad SMARTS) is 1. The Morgan fingerprint density at radius 2 is 2.00 bits per heavy atom. The minimum absolute atomic E-state index is 0.124. The van der Waals surface area contributed by atoms with Crippen molar-refractivity contribution in [3.63, 3.8) is 0 Å². The van der Waals surface area contributed by atoms with E-state index in [1.54, 1.807) is 0 Å². The lowest BCUT2D eigenvalue weighted by Crippen LogP contribution is -2.28. The van der Waals surface area contributed by atoms with Crippen LogP contribution in [0.15, 0.2) is 42.5 Å². The number of halogens is 3. The van der Waals surface area contributed by atoms with Crippen LogP contribution < -0.4 is 0 Å². The summed E-state index contributed by atoms with van der Waals surface area (Å²) in [5.74, 6) is -3.36. The summed E-state index contributed by atoms with van der Waals surface area (Å²) in [6.07, 6.45) is 2.38. The van der Waals surface area contributed by atoms with Gasteiger partial charge in [0.15, 0.2) is 5.82 Å². The Morgan fingerprint density at radius 1 is 1.26 bits per heavy atom. The van der Waals surface area contributed by atoms with Crippen LogP contribution >= 0.6 is 11.8 Å². The van der Waals surface area contributed by atoms with Gasteiger partial charge < -0.3 is 5.11 Å². The number of aryl methyl sites for hydroxylation is 1. The molecule has 1 N–H and O–H groups in total. The lowest BCUT2D eigenvalue weighted by Gasteiger charge is -2.29. The van der Waals surface area contributed by atoms with E-state index in [9.17, 15) is 18.7 Å². The molecule has 4 rings (SSSR count). The van der Waals surface area contributed by atoms with E-state index in [0.29, 0.717) is 30.3 Å². The molecule has 140 valence electrons. The van der Waals surface area contributed by atoms with Gasteiger partial charge in [-0.3, -0.25) is 8.88 Å². The van der Waals surface area contributed by atoms with E-state index in [0.717, 1.165) is 23.6 Å².